The number of aryl methyl sites for hydroxylation is 2. The number of carbonyl (C=O) groups is 1. The summed E-state index contributed by atoms with van der Waals surface area (Å²) in [6.07, 6.45) is 1.41. The quantitative estimate of drug-likeness (QED) is 0.903. The summed E-state index contributed by atoms with van der Waals surface area (Å²) in [5.41, 5.74) is 2.02. The van der Waals surface area contributed by atoms with E-state index < -0.39 is 11.4 Å². The van der Waals surface area contributed by atoms with Crippen molar-refractivity contribution in [3.05, 3.63) is 52.3 Å². The average Bonchev–Trinajstić information content (AvgIpc) is 3.13. The van der Waals surface area contributed by atoms with Gasteiger partial charge in [0, 0.05) is 32.2 Å². The Labute approximate surface area is 146 Å². The van der Waals surface area contributed by atoms with Crippen molar-refractivity contribution in [1.29, 1.82) is 0 Å². The van der Waals surface area contributed by atoms with Crippen molar-refractivity contribution < 1.29 is 9.90 Å². The maximum atomic E-state index is 12.0. The monoisotopic (exact) mass is 347 g/mol. The Bertz CT molecular complexity index is 744. The molecule has 0 aliphatic carbocycles. The molecule has 1 aromatic heterocycles. The van der Waals surface area contributed by atoms with Gasteiger partial charge in [-0.1, -0.05) is 48.9 Å². The second-order valence-corrected chi connectivity index (χ2v) is 6.77. The highest BCUT2D eigenvalue weighted by molar-refractivity contribution is 6.30. The van der Waals surface area contributed by atoms with Gasteiger partial charge in [-0.3, -0.25) is 14.4 Å². The van der Waals surface area contributed by atoms with Crippen molar-refractivity contribution in [2.45, 2.75) is 31.7 Å². The van der Waals surface area contributed by atoms with Gasteiger partial charge in [0.25, 0.3) is 0 Å². The number of benzene rings is 1. The summed E-state index contributed by atoms with van der Waals surface area (Å²) in [5.74, 6) is -0.760. The zero-order chi connectivity index (χ0) is 17.3. The van der Waals surface area contributed by atoms with E-state index in [4.69, 9.17) is 11.6 Å². The minimum absolute atomic E-state index is 0.487. The summed E-state index contributed by atoms with van der Waals surface area (Å²) in [5, 5.41) is 15.0. The van der Waals surface area contributed by atoms with Gasteiger partial charge in [0.1, 0.15) is 10.6 Å². The number of nitrogens with zero attached hydrogens (tertiary/aromatic N) is 3. The fourth-order valence-electron chi connectivity index (χ4n) is 3.58. The molecule has 0 saturated carbocycles. The highest BCUT2D eigenvalue weighted by atomic mass is 35.5. The van der Waals surface area contributed by atoms with Crippen LogP contribution in [0.3, 0.4) is 0 Å². The minimum atomic E-state index is -0.845. The first-order chi connectivity index (χ1) is 11.5. The second-order valence-electron chi connectivity index (χ2n) is 6.41. The summed E-state index contributed by atoms with van der Waals surface area (Å²) in [7, 11) is 1.83. The predicted molar refractivity (Wildman–Crippen MR) is 93.2 cm³/mol. The van der Waals surface area contributed by atoms with Crippen LogP contribution in [0.5, 0.6) is 0 Å². The summed E-state index contributed by atoms with van der Waals surface area (Å²) in [6.45, 7) is 3.91. The zero-order valence-corrected chi connectivity index (χ0v) is 14.8. The molecular formula is C18H22ClN3O2. The Morgan fingerprint density at radius 3 is 2.71 bits per heavy atom. The summed E-state index contributed by atoms with van der Waals surface area (Å²) in [6, 6.07) is 9.53. The summed E-state index contributed by atoms with van der Waals surface area (Å²) < 4.78 is 1.69. The molecule has 6 heteroatoms. The van der Waals surface area contributed by atoms with Crippen LogP contribution in [0.1, 0.15) is 30.2 Å². The first kappa shape index (κ1) is 17.0. The van der Waals surface area contributed by atoms with Crippen LogP contribution < -0.4 is 0 Å². The molecular weight excluding hydrogens is 326 g/mol. The van der Waals surface area contributed by atoms with Crippen molar-refractivity contribution in [2.75, 3.05) is 13.1 Å². The maximum Gasteiger partial charge on any atom is 0.315 e. The summed E-state index contributed by atoms with van der Waals surface area (Å²) in [4.78, 5) is 14.2. The number of carboxylic acid groups (broad SMARTS) is 1. The molecule has 0 spiro atoms. The van der Waals surface area contributed by atoms with Crippen LogP contribution >= 0.6 is 11.6 Å². The molecule has 128 valence electrons. The Kier molecular flexibility index (Phi) is 4.65. The van der Waals surface area contributed by atoms with Gasteiger partial charge in [0.05, 0.1) is 5.69 Å². The van der Waals surface area contributed by atoms with Crippen molar-refractivity contribution in [3.63, 3.8) is 0 Å². The lowest BCUT2D eigenvalue weighted by Gasteiger charge is -2.25. The molecule has 1 aliphatic rings. The van der Waals surface area contributed by atoms with E-state index in [1.54, 1.807) is 4.68 Å². The molecule has 1 atom stereocenters. The maximum absolute atomic E-state index is 12.0. The van der Waals surface area contributed by atoms with E-state index in [-0.39, 0.29) is 0 Å². The fraction of sp³-hybridized carbons (Fsp3) is 0.444. The predicted octanol–water partition coefficient (Wildman–Crippen LogP) is 2.86. The highest BCUT2D eigenvalue weighted by Gasteiger charge is 2.46. The number of aliphatic carboxylic acids is 1. The van der Waals surface area contributed by atoms with Crippen molar-refractivity contribution in [3.8, 4) is 0 Å². The third kappa shape index (κ3) is 2.82. The third-order valence-electron chi connectivity index (χ3n) is 4.95. The van der Waals surface area contributed by atoms with Gasteiger partial charge in [0.2, 0.25) is 0 Å². The number of aromatic nitrogens is 2. The van der Waals surface area contributed by atoms with Gasteiger partial charge in [-0.25, -0.2) is 0 Å². The lowest BCUT2D eigenvalue weighted by atomic mass is 9.80. The Morgan fingerprint density at radius 1 is 1.38 bits per heavy atom. The lowest BCUT2D eigenvalue weighted by molar-refractivity contribution is -0.143. The number of hydrogen-bond acceptors (Lipinski definition) is 3. The standard InChI is InChI=1S/C18H22ClN3O2/c1-3-15-14(16(19)21(2)20-15)11-22-10-9-18(12-22,17(23)24)13-7-5-4-6-8-13/h4-8H,3,9-12H2,1-2H3,(H,23,24). The van der Waals surface area contributed by atoms with Crippen LogP contribution in [-0.2, 0) is 30.2 Å². The van der Waals surface area contributed by atoms with Gasteiger partial charge >= 0.3 is 5.97 Å². The van der Waals surface area contributed by atoms with Crippen LogP contribution in [0.4, 0.5) is 0 Å². The number of likely N-dealkylation sites (tertiary alicyclic amines) is 1. The SMILES string of the molecule is CCc1nn(C)c(Cl)c1CN1CCC(C(=O)O)(c2ccccc2)C1. The van der Waals surface area contributed by atoms with E-state index >= 15 is 0 Å². The topological polar surface area (TPSA) is 58.4 Å². The first-order valence-corrected chi connectivity index (χ1v) is 8.57. The smallest absolute Gasteiger partial charge is 0.315 e. The molecule has 0 radical (unpaired) electrons. The number of hydrogen-bond donors (Lipinski definition) is 1. The van der Waals surface area contributed by atoms with E-state index in [2.05, 4.69) is 16.9 Å². The molecule has 0 bridgehead atoms. The van der Waals surface area contributed by atoms with E-state index in [0.717, 1.165) is 29.8 Å². The van der Waals surface area contributed by atoms with Gasteiger partial charge in [-0.15, -0.1) is 0 Å². The Balaban J connectivity index is 1.85. The highest BCUT2D eigenvalue weighted by Crippen LogP contribution is 2.36. The molecule has 1 fully saturated rings. The van der Waals surface area contributed by atoms with Crippen LogP contribution in [-0.4, -0.2) is 38.8 Å². The third-order valence-corrected chi connectivity index (χ3v) is 5.43. The molecule has 2 heterocycles. The molecule has 1 saturated heterocycles. The molecule has 24 heavy (non-hydrogen) atoms. The van der Waals surface area contributed by atoms with Gasteiger partial charge in [-0.05, 0) is 18.4 Å². The number of halogens is 1. The molecule has 1 unspecified atom stereocenters. The van der Waals surface area contributed by atoms with Gasteiger partial charge in [0.15, 0.2) is 0 Å². The summed E-state index contributed by atoms with van der Waals surface area (Å²) >= 11 is 6.38. The molecule has 1 aliphatic heterocycles. The van der Waals surface area contributed by atoms with Crippen LogP contribution in [0, 0.1) is 0 Å². The second kappa shape index (κ2) is 6.57. The molecule has 0 amide bonds. The number of rotatable bonds is 5. The molecule has 2 aromatic rings. The Hall–Kier alpha value is -1.85. The van der Waals surface area contributed by atoms with Gasteiger partial charge in [-0.2, -0.15) is 5.10 Å². The molecule has 1 aromatic carbocycles. The molecule has 3 rings (SSSR count). The van der Waals surface area contributed by atoms with Crippen LogP contribution in [0.2, 0.25) is 5.15 Å². The number of carboxylic acids is 1. The minimum Gasteiger partial charge on any atom is -0.481 e. The largest absolute Gasteiger partial charge is 0.481 e. The van der Waals surface area contributed by atoms with Crippen molar-refractivity contribution in [2.24, 2.45) is 7.05 Å². The van der Waals surface area contributed by atoms with Crippen LogP contribution in [0.25, 0.3) is 0 Å². The Morgan fingerprint density at radius 2 is 2.08 bits per heavy atom. The van der Waals surface area contributed by atoms with Gasteiger partial charge < -0.3 is 5.11 Å². The van der Waals surface area contributed by atoms with E-state index in [1.165, 1.54) is 0 Å². The first-order valence-electron chi connectivity index (χ1n) is 8.19. The molecule has 1 N–H and O–H groups in total. The fourth-order valence-corrected chi connectivity index (χ4v) is 3.79. The van der Waals surface area contributed by atoms with Crippen LogP contribution in [0.15, 0.2) is 30.3 Å². The van der Waals surface area contributed by atoms with E-state index in [1.807, 2.05) is 37.4 Å². The normalized spacial score (nSPS) is 21.3. The molecule has 5 nitrogen and oxygen atoms in total. The zero-order valence-electron chi connectivity index (χ0n) is 14.0. The van der Waals surface area contributed by atoms with Crippen molar-refractivity contribution >= 4 is 17.6 Å². The van der Waals surface area contributed by atoms with Crippen molar-refractivity contribution in [1.82, 2.24) is 14.7 Å². The van der Waals surface area contributed by atoms with E-state index in [9.17, 15) is 9.90 Å². The average molecular weight is 348 g/mol. The lowest BCUT2D eigenvalue weighted by Crippen LogP contribution is -2.38. The van der Waals surface area contributed by atoms with E-state index in [0.29, 0.717) is 24.7 Å².